The number of alkyl halides is 3. The van der Waals surface area contributed by atoms with Crippen LogP contribution in [0.15, 0.2) is 6.07 Å². The van der Waals surface area contributed by atoms with Crippen LogP contribution in [0.2, 0.25) is 0 Å². The maximum Gasteiger partial charge on any atom is 0.574 e. The molecule has 0 aliphatic carbocycles. The molecule has 0 aliphatic rings. The summed E-state index contributed by atoms with van der Waals surface area (Å²) < 4.78 is 44.0. The Bertz CT molecular complexity index is 454. The van der Waals surface area contributed by atoms with E-state index in [1.807, 2.05) is 0 Å². The van der Waals surface area contributed by atoms with Crippen molar-refractivity contribution in [1.82, 2.24) is 4.98 Å². The van der Waals surface area contributed by atoms with E-state index in [-0.39, 0.29) is 12.0 Å². The highest BCUT2D eigenvalue weighted by molar-refractivity contribution is 5.45. The van der Waals surface area contributed by atoms with Gasteiger partial charge in [-0.2, -0.15) is 10.2 Å². The van der Waals surface area contributed by atoms with Gasteiger partial charge in [0.25, 0.3) is 5.88 Å². The van der Waals surface area contributed by atoms with E-state index in [0.29, 0.717) is 0 Å². The Labute approximate surface area is 94.0 Å². The minimum absolute atomic E-state index is 0.0569. The molecule has 1 heterocycles. The molecule has 1 aromatic rings. The fourth-order valence-electron chi connectivity index (χ4n) is 1.07. The molecule has 0 saturated heterocycles. The Morgan fingerprint density at radius 2 is 2.18 bits per heavy atom. The van der Waals surface area contributed by atoms with Crippen LogP contribution in [-0.2, 0) is 6.42 Å². The van der Waals surface area contributed by atoms with Gasteiger partial charge < -0.3 is 14.6 Å². The maximum absolute atomic E-state index is 12.0. The smallest absolute Gasteiger partial charge is 0.503 e. The van der Waals surface area contributed by atoms with E-state index in [0.717, 1.165) is 13.2 Å². The summed E-state index contributed by atoms with van der Waals surface area (Å²) in [5, 5.41) is 17.9. The Hall–Kier alpha value is -2.17. The van der Waals surface area contributed by atoms with Crippen molar-refractivity contribution in [3.63, 3.8) is 0 Å². The zero-order valence-electron chi connectivity index (χ0n) is 8.58. The monoisotopic (exact) mass is 248 g/mol. The third-order valence-corrected chi connectivity index (χ3v) is 1.70. The number of aromatic hydroxyl groups is 1. The zero-order chi connectivity index (χ0) is 13.1. The normalized spacial score (nSPS) is 10.8. The summed E-state index contributed by atoms with van der Waals surface area (Å²) in [6, 6.07) is 2.51. The summed E-state index contributed by atoms with van der Waals surface area (Å²) >= 11 is 0. The van der Waals surface area contributed by atoms with Gasteiger partial charge in [-0.3, -0.25) is 0 Å². The van der Waals surface area contributed by atoms with Crippen LogP contribution >= 0.6 is 0 Å². The molecule has 0 spiro atoms. The first-order valence-corrected chi connectivity index (χ1v) is 4.27. The number of ether oxygens (including phenoxy) is 2. The van der Waals surface area contributed by atoms with Gasteiger partial charge in [-0.15, -0.1) is 13.2 Å². The molecule has 0 saturated carbocycles. The molecule has 8 heteroatoms. The molecular formula is C9H7F3N2O3. The van der Waals surface area contributed by atoms with Gasteiger partial charge in [0.1, 0.15) is 0 Å². The summed E-state index contributed by atoms with van der Waals surface area (Å²) in [5.74, 6) is -1.71. The minimum Gasteiger partial charge on any atom is -0.503 e. The van der Waals surface area contributed by atoms with Gasteiger partial charge in [0.15, 0.2) is 5.75 Å². The predicted octanol–water partition coefficient (Wildman–Crippen LogP) is 1.76. The number of methoxy groups -OCH3 is 1. The van der Waals surface area contributed by atoms with Gasteiger partial charge >= 0.3 is 6.36 Å². The number of rotatable bonds is 3. The van der Waals surface area contributed by atoms with Crippen molar-refractivity contribution < 1.29 is 27.8 Å². The quantitative estimate of drug-likeness (QED) is 0.882. The van der Waals surface area contributed by atoms with E-state index in [1.54, 1.807) is 6.07 Å². The molecule has 0 atom stereocenters. The number of hydrogen-bond donors (Lipinski definition) is 1. The molecule has 0 aromatic carbocycles. The highest BCUT2D eigenvalue weighted by atomic mass is 19.4. The lowest BCUT2D eigenvalue weighted by atomic mass is 10.2. The molecule has 92 valence electrons. The van der Waals surface area contributed by atoms with E-state index < -0.39 is 23.9 Å². The first-order valence-electron chi connectivity index (χ1n) is 4.27. The van der Waals surface area contributed by atoms with E-state index in [9.17, 15) is 18.3 Å². The molecule has 5 nitrogen and oxygen atoms in total. The van der Waals surface area contributed by atoms with Crippen molar-refractivity contribution >= 4 is 0 Å². The van der Waals surface area contributed by atoms with E-state index >= 15 is 0 Å². The molecule has 0 bridgehead atoms. The highest BCUT2D eigenvalue weighted by Gasteiger charge is 2.32. The molecule has 1 aromatic heterocycles. The van der Waals surface area contributed by atoms with E-state index in [4.69, 9.17) is 5.26 Å². The zero-order valence-corrected chi connectivity index (χ0v) is 8.58. The van der Waals surface area contributed by atoms with Crippen molar-refractivity contribution in [2.45, 2.75) is 12.8 Å². The summed E-state index contributed by atoms with van der Waals surface area (Å²) in [6.07, 6.45) is -5.20. The van der Waals surface area contributed by atoms with Crippen molar-refractivity contribution in [2.24, 2.45) is 0 Å². The van der Waals surface area contributed by atoms with Gasteiger partial charge in [0, 0.05) is 11.6 Å². The molecule has 0 unspecified atom stereocenters. The topological polar surface area (TPSA) is 75.4 Å². The van der Waals surface area contributed by atoms with Crippen LogP contribution in [0.4, 0.5) is 13.2 Å². The molecule has 1 rings (SSSR count). The largest absolute Gasteiger partial charge is 0.574 e. The van der Waals surface area contributed by atoms with Crippen LogP contribution in [0.5, 0.6) is 17.5 Å². The number of aromatic nitrogens is 1. The summed E-state index contributed by atoms with van der Waals surface area (Å²) in [4.78, 5) is 3.30. The van der Waals surface area contributed by atoms with Crippen molar-refractivity contribution in [3.8, 4) is 23.6 Å². The first kappa shape index (κ1) is 12.9. The fourth-order valence-corrected chi connectivity index (χ4v) is 1.07. The van der Waals surface area contributed by atoms with Crippen molar-refractivity contribution in [2.75, 3.05) is 7.11 Å². The Balaban J connectivity index is 3.16. The molecule has 0 fully saturated rings. The number of halogens is 3. The highest BCUT2D eigenvalue weighted by Crippen LogP contribution is 2.33. The molecule has 17 heavy (non-hydrogen) atoms. The van der Waals surface area contributed by atoms with Crippen LogP contribution in [0.3, 0.4) is 0 Å². The van der Waals surface area contributed by atoms with Crippen molar-refractivity contribution in [1.29, 1.82) is 5.26 Å². The lowest BCUT2D eigenvalue weighted by Crippen LogP contribution is -2.18. The third-order valence-electron chi connectivity index (χ3n) is 1.70. The second-order valence-electron chi connectivity index (χ2n) is 2.86. The average molecular weight is 248 g/mol. The van der Waals surface area contributed by atoms with Crippen LogP contribution in [-0.4, -0.2) is 23.6 Å². The molecular weight excluding hydrogens is 241 g/mol. The van der Waals surface area contributed by atoms with Gasteiger partial charge in [0.2, 0.25) is 5.88 Å². The van der Waals surface area contributed by atoms with E-state index in [2.05, 4.69) is 14.5 Å². The Morgan fingerprint density at radius 1 is 1.53 bits per heavy atom. The molecule has 1 N–H and O–H groups in total. The number of pyridine rings is 1. The predicted molar refractivity (Wildman–Crippen MR) is 48.5 cm³/mol. The van der Waals surface area contributed by atoms with E-state index in [1.165, 1.54) is 0 Å². The minimum atomic E-state index is -4.90. The van der Waals surface area contributed by atoms with Gasteiger partial charge in [-0.1, -0.05) is 0 Å². The lowest BCUT2D eigenvalue weighted by molar-refractivity contribution is -0.276. The third kappa shape index (κ3) is 3.41. The van der Waals surface area contributed by atoms with Gasteiger partial charge in [0.05, 0.1) is 19.6 Å². The molecule has 0 amide bonds. The van der Waals surface area contributed by atoms with Gasteiger partial charge in [-0.05, 0) is 0 Å². The standard InChI is InChI=1S/C9H7F3N2O3/c1-16-8-7(15)5(2-3-13)4-6(14-8)17-9(10,11)12/h4,15H,2H2,1H3. The Kier molecular flexibility index (Phi) is 3.62. The van der Waals surface area contributed by atoms with Crippen LogP contribution in [0.1, 0.15) is 5.56 Å². The average Bonchev–Trinajstić information content (AvgIpc) is 2.20. The SMILES string of the molecule is COc1nc(OC(F)(F)F)cc(CC#N)c1O. The number of nitrogens with zero attached hydrogens (tertiary/aromatic N) is 2. The molecule has 0 radical (unpaired) electrons. The van der Waals surface area contributed by atoms with Crippen LogP contribution < -0.4 is 9.47 Å². The maximum atomic E-state index is 12.0. The summed E-state index contributed by atoms with van der Waals surface area (Å²) in [5.41, 5.74) is -0.0569. The van der Waals surface area contributed by atoms with Crippen LogP contribution in [0, 0.1) is 11.3 Å². The summed E-state index contributed by atoms with van der Waals surface area (Å²) in [6.45, 7) is 0. The van der Waals surface area contributed by atoms with Crippen LogP contribution in [0.25, 0.3) is 0 Å². The lowest BCUT2D eigenvalue weighted by Gasteiger charge is -2.11. The van der Waals surface area contributed by atoms with Gasteiger partial charge in [-0.25, -0.2) is 0 Å². The number of nitriles is 1. The fraction of sp³-hybridized carbons (Fsp3) is 0.333. The molecule has 0 aliphatic heterocycles. The van der Waals surface area contributed by atoms with Crippen molar-refractivity contribution in [3.05, 3.63) is 11.6 Å². The number of hydrogen-bond acceptors (Lipinski definition) is 5. The first-order chi connectivity index (χ1) is 7.87. The second kappa shape index (κ2) is 4.78. The Morgan fingerprint density at radius 3 is 2.65 bits per heavy atom. The summed E-state index contributed by atoms with van der Waals surface area (Å²) in [7, 11) is 1.12. The second-order valence-corrected chi connectivity index (χ2v) is 2.86.